The zero-order valence-corrected chi connectivity index (χ0v) is 16.8. The molecule has 1 aromatic carbocycles. The fourth-order valence-corrected chi connectivity index (χ4v) is 4.21. The lowest BCUT2D eigenvalue weighted by molar-refractivity contribution is 0.127. The van der Waals surface area contributed by atoms with Crippen LogP contribution in [-0.4, -0.2) is 51.7 Å². The molecule has 2 unspecified atom stereocenters. The molecule has 0 radical (unpaired) electrons. The Labute approximate surface area is 165 Å². The van der Waals surface area contributed by atoms with Gasteiger partial charge in [-0.15, -0.1) is 0 Å². The largest absolute Gasteiger partial charge is 0.497 e. The second kappa shape index (κ2) is 8.14. The highest BCUT2D eigenvalue weighted by atomic mass is 16.5. The number of piperidine rings is 1. The molecule has 7 nitrogen and oxygen atoms in total. The number of methoxy groups -OCH3 is 1. The highest BCUT2D eigenvalue weighted by molar-refractivity contribution is 5.45. The first kappa shape index (κ1) is 18.7. The van der Waals surface area contributed by atoms with Crippen LogP contribution >= 0.6 is 0 Å². The molecule has 7 heteroatoms. The molecule has 1 N–H and O–H groups in total. The number of fused-ring (bicyclic) bond motifs is 1. The van der Waals surface area contributed by atoms with E-state index in [1.165, 1.54) is 18.4 Å². The number of likely N-dealkylation sites (tertiary alicyclic amines) is 1. The first-order valence-corrected chi connectivity index (χ1v) is 9.97. The van der Waals surface area contributed by atoms with Crippen molar-refractivity contribution in [3.05, 3.63) is 47.9 Å². The Morgan fingerprint density at radius 1 is 1.25 bits per heavy atom. The molecule has 28 heavy (non-hydrogen) atoms. The number of anilines is 1. The van der Waals surface area contributed by atoms with Crippen LogP contribution in [0.15, 0.2) is 36.7 Å². The van der Waals surface area contributed by atoms with Gasteiger partial charge in [0.05, 0.1) is 7.11 Å². The Kier molecular flexibility index (Phi) is 5.43. The number of nitrogens with zero attached hydrogens (tertiary/aromatic N) is 5. The predicted molar refractivity (Wildman–Crippen MR) is 110 cm³/mol. The summed E-state index contributed by atoms with van der Waals surface area (Å²) >= 11 is 0. The summed E-state index contributed by atoms with van der Waals surface area (Å²) < 4.78 is 7.11. The van der Waals surface area contributed by atoms with Crippen molar-refractivity contribution in [2.24, 2.45) is 5.92 Å². The van der Waals surface area contributed by atoms with Crippen LogP contribution in [0.5, 0.6) is 5.75 Å². The minimum absolute atomic E-state index is 0.380. The molecule has 2 atom stereocenters. The van der Waals surface area contributed by atoms with Gasteiger partial charge in [-0.05, 0) is 56.5 Å². The van der Waals surface area contributed by atoms with Gasteiger partial charge in [-0.25, -0.2) is 4.98 Å². The van der Waals surface area contributed by atoms with Crippen LogP contribution in [0.1, 0.15) is 37.1 Å². The van der Waals surface area contributed by atoms with Crippen molar-refractivity contribution < 1.29 is 4.74 Å². The van der Waals surface area contributed by atoms with E-state index in [9.17, 15) is 0 Å². The minimum atomic E-state index is 0.380. The number of aryl methyl sites for hydroxylation is 1. The predicted octanol–water partition coefficient (Wildman–Crippen LogP) is 3.19. The van der Waals surface area contributed by atoms with Crippen LogP contribution in [0.2, 0.25) is 0 Å². The van der Waals surface area contributed by atoms with Gasteiger partial charge in [-0.1, -0.05) is 19.1 Å². The highest BCUT2D eigenvalue weighted by Gasteiger charge is 2.30. The van der Waals surface area contributed by atoms with Crippen molar-refractivity contribution in [1.29, 1.82) is 0 Å². The molecule has 0 spiro atoms. The average Bonchev–Trinajstić information content (AvgIpc) is 3.21. The maximum absolute atomic E-state index is 5.32. The molecular weight excluding hydrogens is 352 g/mol. The van der Waals surface area contributed by atoms with Crippen molar-refractivity contribution in [3.63, 3.8) is 0 Å². The van der Waals surface area contributed by atoms with Crippen LogP contribution in [-0.2, 0) is 6.42 Å². The molecule has 1 aliphatic rings. The van der Waals surface area contributed by atoms with E-state index in [4.69, 9.17) is 4.74 Å². The van der Waals surface area contributed by atoms with E-state index in [-0.39, 0.29) is 0 Å². The normalized spacial score (nSPS) is 20.4. The number of nitrogens with one attached hydrogen (secondary N) is 1. The lowest BCUT2D eigenvalue weighted by atomic mass is 9.85. The summed E-state index contributed by atoms with van der Waals surface area (Å²) in [4.78, 5) is 11.2. The third-order valence-corrected chi connectivity index (χ3v) is 5.68. The Bertz CT molecular complexity index is 922. The summed E-state index contributed by atoms with van der Waals surface area (Å²) in [5, 5.41) is 7.96. The fraction of sp³-hybridized carbons (Fsp3) is 0.476. The van der Waals surface area contributed by atoms with Crippen molar-refractivity contribution in [3.8, 4) is 5.75 Å². The molecule has 0 amide bonds. The number of hydrogen-bond acceptors (Lipinski definition) is 6. The first-order chi connectivity index (χ1) is 13.7. The van der Waals surface area contributed by atoms with E-state index in [0.29, 0.717) is 17.7 Å². The van der Waals surface area contributed by atoms with E-state index in [0.717, 1.165) is 36.8 Å². The summed E-state index contributed by atoms with van der Waals surface area (Å²) in [5.41, 5.74) is 2.36. The highest BCUT2D eigenvalue weighted by Crippen LogP contribution is 2.35. The summed E-state index contributed by atoms with van der Waals surface area (Å²) in [6, 6.07) is 10.9. The quantitative estimate of drug-likeness (QED) is 0.708. The molecule has 0 bridgehead atoms. The molecular formula is C21H28N6O. The number of aromatic nitrogens is 4. The third-order valence-electron chi connectivity index (χ3n) is 5.68. The molecule has 0 saturated carbocycles. The second-order valence-electron chi connectivity index (χ2n) is 7.44. The van der Waals surface area contributed by atoms with Gasteiger partial charge in [0.2, 0.25) is 0 Å². The van der Waals surface area contributed by atoms with Gasteiger partial charge in [-0.2, -0.15) is 14.6 Å². The second-order valence-corrected chi connectivity index (χ2v) is 7.44. The molecule has 3 aromatic rings. The minimum Gasteiger partial charge on any atom is -0.497 e. The topological polar surface area (TPSA) is 67.6 Å². The van der Waals surface area contributed by atoms with Crippen LogP contribution in [0.3, 0.4) is 0 Å². The van der Waals surface area contributed by atoms with Crippen molar-refractivity contribution in [2.75, 3.05) is 32.6 Å². The van der Waals surface area contributed by atoms with E-state index < -0.39 is 0 Å². The van der Waals surface area contributed by atoms with Gasteiger partial charge in [0.25, 0.3) is 5.78 Å². The van der Waals surface area contributed by atoms with Crippen LogP contribution in [0.25, 0.3) is 5.78 Å². The average molecular weight is 380 g/mol. The zero-order valence-electron chi connectivity index (χ0n) is 16.8. The van der Waals surface area contributed by atoms with Crippen molar-refractivity contribution >= 4 is 11.6 Å². The Hall–Kier alpha value is -2.67. The Morgan fingerprint density at radius 3 is 2.82 bits per heavy atom. The van der Waals surface area contributed by atoms with E-state index in [2.05, 4.69) is 69.6 Å². The first-order valence-electron chi connectivity index (χ1n) is 9.97. The zero-order chi connectivity index (χ0) is 19.5. The number of benzene rings is 1. The summed E-state index contributed by atoms with van der Waals surface area (Å²) in [5.74, 6) is 3.01. The Morgan fingerprint density at radius 2 is 2.07 bits per heavy atom. The van der Waals surface area contributed by atoms with Crippen molar-refractivity contribution in [2.45, 2.75) is 32.2 Å². The SMILES string of the molecule is CCc1cc(NCC2CCCN(C)C2c2ccc(OC)cc2)n2ncnc2n1. The number of hydrogen-bond donors (Lipinski definition) is 1. The van der Waals surface area contributed by atoms with Gasteiger partial charge >= 0.3 is 0 Å². The van der Waals surface area contributed by atoms with Gasteiger partial charge in [0, 0.05) is 24.3 Å². The molecule has 3 heterocycles. The van der Waals surface area contributed by atoms with Gasteiger partial charge < -0.3 is 10.1 Å². The molecule has 1 aliphatic heterocycles. The number of rotatable bonds is 6. The number of ether oxygens (including phenoxy) is 1. The molecule has 4 rings (SSSR count). The molecule has 1 saturated heterocycles. The molecule has 2 aromatic heterocycles. The lowest BCUT2D eigenvalue weighted by Crippen LogP contribution is -2.39. The lowest BCUT2D eigenvalue weighted by Gasteiger charge is -2.40. The van der Waals surface area contributed by atoms with E-state index in [1.54, 1.807) is 18.0 Å². The Balaban J connectivity index is 1.56. The molecule has 1 fully saturated rings. The van der Waals surface area contributed by atoms with Gasteiger partial charge in [0.15, 0.2) is 0 Å². The molecule has 148 valence electrons. The monoisotopic (exact) mass is 380 g/mol. The van der Waals surface area contributed by atoms with E-state index >= 15 is 0 Å². The van der Waals surface area contributed by atoms with Crippen LogP contribution in [0, 0.1) is 5.92 Å². The third kappa shape index (κ3) is 3.67. The smallest absolute Gasteiger partial charge is 0.254 e. The summed E-state index contributed by atoms with van der Waals surface area (Å²) in [6.45, 7) is 4.10. The summed E-state index contributed by atoms with van der Waals surface area (Å²) in [7, 11) is 3.93. The maximum atomic E-state index is 5.32. The maximum Gasteiger partial charge on any atom is 0.254 e. The summed E-state index contributed by atoms with van der Waals surface area (Å²) in [6.07, 6.45) is 4.84. The van der Waals surface area contributed by atoms with Gasteiger partial charge in [0.1, 0.15) is 17.9 Å². The van der Waals surface area contributed by atoms with Crippen molar-refractivity contribution in [1.82, 2.24) is 24.5 Å². The standard InChI is InChI=1S/C21H28N6O/c1-4-17-12-19(27-21(25-17)23-14-24-27)22-13-16-6-5-11-26(2)20(16)15-7-9-18(28-3)10-8-15/h7-10,12,14,16,20,22H,4-6,11,13H2,1-3H3. The van der Waals surface area contributed by atoms with Crippen LogP contribution in [0.4, 0.5) is 5.82 Å². The van der Waals surface area contributed by atoms with Crippen LogP contribution < -0.4 is 10.1 Å². The fourth-order valence-electron chi connectivity index (χ4n) is 4.21. The van der Waals surface area contributed by atoms with Gasteiger partial charge in [-0.3, -0.25) is 4.90 Å². The molecule has 0 aliphatic carbocycles. The van der Waals surface area contributed by atoms with E-state index in [1.807, 2.05) is 0 Å².